The first kappa shape index (κ1) is 5.11. The second-order valence-corrected chi connectivity index (χ2v) is 3.80. The number of rotatable bonds is 0. The molecule has 0 amide bonds. The Bertz CT molecular complexity index is 229. The smallest absolute Gasteiger partial charge is 0.136 e. The van der Waals surface area contributed by atoms with Crippen LogP contribution in [0.1, 0.15) is 12.8 Å². The molecule has 1 nitrogen and oxygen atoms in total. The van der Waals surface area contributed by atoms with Crippen molar-refractivity contribution in [2.24, 2.45) is 23.7 Å². The number of carbonyl (C=O) groups excluding carboxylic acids is 1. The van der Waals surface area contributed by atoms with Gasteiger partial charge >= 0.3 is 0 Å². The van der Waals surface area contributed by atoms with E-state index in [1.165, 1.54) is 0 Å². The summed E-state index contributed by atoms with van der Waals surface area (Å²) < 4.78 is 0. The number of allylic oxidation sites excluding steroid dienone is 2. The molecular weight excluding hydrogens is 124 g/mol. The summed E-state index contributed by atoms with van der Waals surface area (Å²) in [4.78, 5) is 11.2. The van der Waals surface area contributed by atoms with Crippen molar-refractivity contribution in [3.63, 3.8) is 0 Å². The first-order chi connectivity index (χ1) is 4.86. The van der Waals surface area contributed by atoms with Crippen molar-refractivity contribution in [1.29, 1.82) is 0 Å². The number of Topliss-reactive ketones (excluding diaryl/α,β-unsaturated/α-hetero) is 1. The lowest BCUT2D eigenvalue weighted by Crippen LogP contribution is -2.34. The van der Waals surface area contributed by atoms with Crippen LogP contribution in [0.4, 0.5) is 0 Å². The van der Waals surface area contributed by atoms with E-state index in [2.05, 4.69) is 12.2 Å². The summed E-state index contributed by atoms with van der Waals surface area (Å²) in [5.74, 6) is 3.21. The molecule has 52 valence electrons. The van der Waals surface area contributed by atoms with E-state index in [4.69, 9.17) is 0 Å². The van der Waals surface area contributed by atoms with E-state index in [9.17, 15) is 4.79 Å². The molecule has 0 bridgehead atoms. The van der Waals surface area contributed by atoms with E-state index < -0.39 is 0 Å². The van der Waals surface area contributed by atoms with Crippen LogP contribution in [0.3, 0.4) is 0 Å². The molecule has 0 saturated heterocycles. The van der Waals surface area contributed by atoms with Gasteiger partial charge in [0.15, 0.2) is 0 Å². The molecule has 3 rings (SSSR count). The van der Waals surface area contributed by atoms with Gasteiger partial charge in [-0.1, -0.05) is 12.2 Å². The summed E-state index contributed by atoms with van der Waals surface area (Å²) in [7, 11) is 0. The molecule has 4 unspecified atom stereocenters. The Kier molecular flexibility index (Phi) is 0.697. The molecule has 0 radical (unpaired) electrons. The highest BCUT2D eigenvalue weighted by Crippen LogP contribution is 2.56. The van der Waals surface area contributed by atoms with Gasteiger partial charge < -0.3 is 0 Å². The number of hydrogen-bond acceptors (Lipinski definition) is 1. The van der Waals surface area contributed by atoms with Gasteiger partial charge in [0.1, 0.15) is 5.78 Å². The molecule has 0 aliphatic heterocycles. The average Bonchev–Trinajstić information content (AvgIpc) is 2.14. The first-order valence-electron chi connectivity index (χ1n) is 4.07. The fourth-order valence-electron chi connectivity index (χ4n) is 2.88. The molecule has 0 spiro atoms. The van der Waals surface area contributed by atoms with Gasteiger partial charge in [-0.05, 0) is 24.2 Å². The van der Waals surface area contributed by atoms with Crippen LogP contribution < -0.4 is 0 Å². The molecule has 0 heterocycles. The van der Waals surface area contributed by atoms with E-state index >= 15 is 0 Å². The predicted octanol–water partition coefficient (Wildman–Crippen LogP) is 1.40. The molecule has 0 aromatic carbocycles. The number of hydrogen-bond donors (Lipinski definition) is 0. The molecular formula is C9H10O. The Labute approximate surface area is 60.1 Å². The maximum Gasteiger partial charge on any atom is 0.136 e. The highest BCUT2D eigenvalue weighted by atomic mass is 16.1. The number of carbonyl (C=O) groups is 1. The molecule has 2 saturated carbocycles. The lowest BCUT2D eigenvalue weighted by atomic mass is 9.67. The molecule has 0 N–H and O–H groups in total. The Morgan fingerprint density at radius 2 is 2.10 bits per heavy atom. The van der Waals surface area contributed by atoms with Crippen LogP contribution in [-0.4, -0.2) is 5.78 Å². The van der Waals surface area contributed by atoms with Gasteiger partial charge in [0.25, 0.3) is 0 Å². The third-order valence-electron chi connectivity index (χ3n) is 3.44. The van der Waals surface area contributed by atoms with E-state index in [1.807, 2.05) is 0 Å². The minimum Gasteiger partial charge on any atom is -0.299 e. The van der Waals surface area contributed by atoms with Gasteiger partial charge in [0.2, 0.25) is 0 Å². The van der Waals surface area contributed by atoms with Gasteiger partial charge in [-0.15, -0.1) is 0 Å². The lowest BCUT2D eigenvalue weighted by molar-refractivity contribution is -0.124. The minimum absolute atomic E-state index is 0.477. The van der Waals surface area contributed by atoms with Crippen LogP contribution in [0.5, 0.6) is 0 Å². The summed E-state index contributed by atoms with van der Waals surface area (Å²) in [6.07, 6.45) is 6.59. The van der Waals surface area contributed by atoms with Crippen molar-refractivity contribution in [2.45, 2.75) is 12.8 Å². The van der Waals surface area contributed by atoms with Gasteiger partial charge in [0.05, 0.1) is 0 Å². The van der Waals surface area contributed by atoms with Crippen molar-refractivity contribution in [1.82, 2.24) is 0 Å². The fourth-order valence-corrected chi connectivity index (χ4v) is 2.88. The van der Waals surface area contributed by atoms with Crippen molar-refractivity contribution >= 4 is 5.78 Å². The zero-order valence-electron chi connectivity index (χ0n) is 5.79. The normalized spacial score (nSPS) is 55.0. The van der Waals surface area contributed by atoms with Crippen molar-refractivity contribution in [3.05, 3.63) is 12.2 Å². The third-order valence-corrected chi connectivity index (χ3v) is 3.44. The molecule has 2 fully saturated rings. The Hall–Kier alpha value is -0.590. The predicted molar refractivity (Wildman–Crippen MR) is 37.3 cm³/mol. The average molecular weight is 134 g/mol. The maximum atomic E-state index is 11.2. The van der Waals surface area contributed by atoms with Crippen molar-refractivity contribution in [3.8, 4) is 0 Å². The zero-order chi connectivity index (χ0) is 6.72. The van der Waals surface area contributed by atoms with Crippen molar-refractivity contribution in [2.75, 3.05) is 0 Å². The van der Waals surface area contributed by atoms with E-state index in [0.717, 1.165) is 24.7 Å². The number of ketones is 1. The largest absolute Gasteiger partial charge is 0.299 e. The minimum atomic E-state index is 0.477. The van der Waals surface area contributed by atoms with Crippen molar-refractivity contribution < 1.29 is 4.79 Å². The molecule has 3 aliphatic rings. The van der Waals surface area contributed by atoms with Gasteiger partial charge in [0, 0.05) is 12.3 Å². The van der Waals surface area contributed by atoms with Crippen LogP contribution in [0.15, 0.2) is 12.2 Å². The summed E-state index contributed by atoms with van der Waals surface area (Å²) in [6.45, 7) is 0. The molecule has 1 heteroatoms. The second kappa shape index (κ2) is 1.36. The maximum absolute atomic E-state index is 11.2. The molecule has 4 atom stereocenters. The summed E-state index contributed by atoms with van der Waals surface area (Å²) in [6, 6.07) is 0. The molecule has 3 aliphatic carbocycles. The Morgan fingerprint density at radius 1 is 1.30 bits per heavy atom. The van der Waals surface area contributed by atoms with Gasteiger partial charge in [-0.25, -0.2) is 0 Å². The van der Waals surface area contributed by atoms with Gasteiger partial charge in [-0.2, -0.15) is 0 Å². The van der Waals surface area contributed by atoms with Crippen LogP contribution in [-0.2, 0) is 4.79 Å². The van der Waals surface area contributed by atoms with E-state index in [0.29, 0.717) is 17.6 Å². The monoisotopic (exact) mass is 134 g/mol. The Balaban J connectivity index is 2.04. The highest BCUT2D eigenvalue weighted by Gasteiger charge is 2.54. The zero-order valence-corrected chi connectivity index (χ0v) is 5.79. The standard InChI is InChI=1S/C9H10O/c10-8-4-6-2-1-5-3-7(8)9(5)6/h1-2,5-7,9H,3-4H2. The summed E-state index contributed by atoms with van der Waals surface area (Å²) >= 11 is 0. The van der Waals surface area contributed by atoms with Crippen LogP contribution in [0.25, 0.3) is 0 Å². The molecule has 0 aromatic heterocycles. The van der Waals surface area contributed by atoms with Crippen LogP contribution in [0, 0.1) is 23.7 Å². The lowest BCUT2D eigenvalue weighted by Gasteiger charge is -2.35. The summed E-state index contributed by atoms with van der Waals surface area (Å²) in [5, 5.41) is 0. The molecule has 10 heavy (non-hydrogen) atoms. The van der Waals surface area contributed by atoms with Crippen LogP contribution in [0.2, 0.25) is 0 Å². The quantitative estimate of drug-likeness (QED) is 0.458. The van der Waals surface area contributed by atoms with Crippen LogP contribution >= 0.6 is 0 Å². The summed E-state index contributed by atoms with van der Waals surface area (Å²) in [5.41, 5.74) is 0. The van der Waals surface area contributed by atoms with E-state index in [-0.39, 0.29) is 0 Å². The second-order valence-electron chi connectivity index (χ2n) is 3.80. The van der Waals surface area contributed by atoms with E-state index in [1.54, 1.807) is 0 Å². The Morgan fingerprint density at radius 3 is 2.90 bits per heavy atom. The topological polar surface area (TPSA) is 17.1 Å². The third kappa shape index (κ3) is 0.377. The van der Waals surface area contributed by atoms with Gasteiger partial charge in [-0.3, -0.25) is 4.79 Å². The SMILES string of the molecule is O=C1CC2C=CC3CC1C23. The molecule has 0 aromatic rings. The highest BCUT2D eigenvalue weighted by molar-refractivity contribution is 5.86. The first-order valence-corrected chi connectivity index (χ1v) is 4.07. The fraction of sp³-hybridized carbons (Fsp3) is 0.667.